The van der Waals surface area contributed by atoms with Crippen molar-refractivity contribution in [3.8, 4) is 0 Å². The van der Waals surface area contributed by atoms with E-state index in [0.717, 1.165) is 45.2 Å². The van der Waals surface area contributed by atoms with E-state index >= 15 is 0 Å². The third kappa shape index (κ3) is 8.00. The Morgan fingerprint density at radius 1 is 1.17 bits per heavy atom. The molecule has 1 atom stereocenters. The molecule has 0 aliphatic rings. The highest BCUT2D eigenvalue weighted by molar-refractivity contribution is 5.79. The molecule has 5 heteroatoms. The zero-order chi connectivity index (χ0) is 16.9. The molecule has 23 heavy (non-hydrogen) atoms. The molecular weight excluding hydrogens is 288 g/mol. The van der Waals surface area contributed by atoms with Crippen LogP contribution in [-0.2, 0) is 4.74 Å². The minimum Gasteiger partial charge on any atom is -0.382 e. The summed E-state index contributed by atoms with van der Waals surface area (Å²) in [7, 11) is 4.19. The van der Waals surface area contributed by atoms with Crippen molar-refractivity contribution in [1.82, 2.24) is 15.5 Å². The maximum atomic E-state index is 5.36. The van der Waals surface area contributed by atoms with Gasteiger partial charge in [0.1, 0.15) is 0 Å². The van der Waals surface area contributed by atoms with Crippen LogP contribution in [0.3, 0.4) is 0 Å². The first-order chi connectivity index (χ1) is 11.2. The Hall–Kier alpha value is -1.59. The van der Waals surface area contributed by atoms with Crippen molar-refractivity contribution in [3.63, 3.8) is 0 Å². The molecule has 1 aromatic carbocycles. The lowest BCUT2D eigenvalue weighted by Gasteiger charge is -2.23. The minimum atomic E-state index is 0.273. The predicted molar refractivity (Wildman–Crippen MR) is 98.0 cm³/mol. The topological polar surface area (TPSA) is 48.9 Å². The highest BCUT2D eigenvalue weighted by Gasteiger charge is 2.13. The first kappa shape index (κ1) is 19.5. The van der Waals surface area contributed by atoms with Crippen LogP contribution in [0, 0.1) is 0 Å². The summed E-state index contributed by atoms with van der Waals surface area (Å²) in [6.45, 7) is 8.10. The zero-order valence-corrected chi connectivity index (χ0v) is 15.0. The highest BCUT2D eigenvalue weighted by Crippen LogP contribution is 2.17. The summed E-state index contributed by atoms with van der Waals surface area (Å²) in [5, 5.41) is 6.66. The van der Waals surface area contributed by atoms with Crippen molar-refractivity contribution in [2.45, 2.75) is 26.3 Å². The Morgan fingerprint density at radius 3 is 2.52 bits per heavy atom. The van der Waals surface area contributed by atoms with Gasteiger partial charge in [-0.15, -0.1) is 0 Å². The van der Waals surface area contributed by atoms with E-state index in [1.54, 1.807) is 0 Å². The second-order valence-electron chi connectivity index (χ2n) is 5.59. The number of hydrogen-bond acceptors (Lipinski definition) is 3. The van der Waals surface area contributed by atoms with Crippen molar-refractivity contribution in [1.29, 1.82) is 0 Å². The predicted octanol–water partition coefficient (Wildman–Crippen LogP) is 2.27. The van der Waals surface area contributed by atoms with E-state index in [1.807, 2.05) is 13.0 Å². The highest BCUT2D eigenvalue weighted by atomic mass is 16.5. The lowest BCUT2D eigenvalue weighted by molar-refractivity contribution is 0.145. The van der Waals surface area contributed by atoms with Crippen LogP contribution in [0.25, 0.3) is 0 Å². The molecule has 0 saturated carbocycles. The average Bonchev–Trinajstić information content (AvgIpc) is 2.55. The molecule has 0 aliphatic carbocycles. The van der Waals surface area contributed by atoms with Gasteiger partial charge in [0.15, 0.2) is 5.96 Å². The Balaban J connectivity index is 2.58. The van der Waals surface area contributed by atoms with Crippen molar-refractivity contribution in [2.24, 2.45) is 4.99 Å². The molecule has 0 amide bonds. The molecule has 0 heterocycles. The summed E-state index contributed by atoms with van der Waals surface area (Å²) in [5.41, 5.74) is 1.29. The summed E-state index contributed by atoms with van der Waals surface area (Å²) in [6.07, 6.45) is 0.980. The summed E-state index contributed by atoms with van der Waals surface area (Å²) in [6, 6.07) is 10.8. The summed E-state index contributed by atoms with van der Waals surface area (Å²) < 4.78 is 5.36. The van der Waals surface area contributed by atoms with Crippen LogP contribution >= 0.6 is 0 Å². The van der Waals surface area contributed by atoms with E-state index in [4.69, 9.17) is 9.73 Å². The first-order valence-electron chi connectivity index (χ1n) is 8.50. The van der Waals surface area contributed by atoms with Gasteiger partial charge < -0.3 is 20.3 Å². The third-order valence-electron chi connectivity index (χ3n) is 3.54. The summed E-state index contributed by atoms with van der Waals surface area (Å²) in [5.74, 6) is 0.867. The number of hydrogen-bond donors (Lipinski definition) is 2. The van der Waals surface area contributed by atoms with E-state index in [1.165, 1.54) is 5.56 Å². The van der Waals surface area contributed by atoms with Crippen LogP contribution in [0.1, 0.15) is 31.9 Å². The van der Waals surface area contributed by atoms with Crippen LogP contribution in [0.4, 0.5) is 0 Å². The van der Waals surface area contributed by atoms with E-state index < -0.39 is 0 Å². The van der Waals surface area contributed by atoms with Gasteiger partial charge in [-0.2, -0.15) is 0 Å². The standard InChI is InChI=1S/C18H32N4O/c1-5-19-18(20-13-10-14-23-6-2)21-15-17(22(3)4)16-11-8-7-9-12-16/h7-9,11-12,17H,5-6,10,13-15H2,1-4H3,(H2,19,20,21). The molecule has 1 aromatic rings. The van der Waals surface area contributed by atoms with Crippen molar-refractivity contribution in [3.05, 3.63) is 35.9 Å². The number of benzene rings is 1. The molecule has 1 unspecified atom stereocenters. The molecular formula is C18H32N4O. The van der Waals surface area contributed by atoms with E-state index in [-0.39, 0.29) is 6.04 Å². The molecule has 130 valence electrons. The van der Waals surface area contributed by atoms with Gasteiger partial charge in [-0.05, 0) is 39.9 Å². The smallest absolute Gasteiger partial charge is 0.191 e. The maximum Gasteiger partial charge on any atom is 0.191 e. The number of ether oxygens (including phenoxy) is 1. The summed E-state index contributed by atoms with van der Waals surface area (Å²) >= 11 is 0. The Bertz CT molecular complexity index is 434. The Morgan fingerprint density at radius 2 is 1.91 bits per heavy atom. The van der Waals surface area contributed by atoms with Crippen LogP contribution in [0.2, 0.25) is 0 Å². The Labute approximate surface area is 141 Å². The number of nitrogens with zero attached hydrogens (tertiary/aromatic N) is 2. The molecule has 2 N–H and O–H groups in total. The largest absolute Gasteiger partial charge is 0.382 e. The van der Waals surface area contributed by atoms with E-state index in [2.05, 4.69) is 60.8 Å². The molecule has 0 bridgehead atoms. The fraction of sp³-hybridized carbons (Fsp3) is 0.611. The fourth-order valence-corrected chi connectivity index (χ4v) is 2.29. The molecule has 0 aliphatic heterocycles. The van der Waals surface area contributed by atoms with Crippen molar-refractivity contribution < 1.29 is 4.74 Å². The second kappa shape index (κ2) is 11.9. The SMILES string of the molecule is CCNC(=NCC(c1ccccc1)N(C)C)NCCCOCC. The van der Waals surface area contributed by atoms with Crippen molar-refractivity contribution >= 4 is 5.96 Å². The second-order valence-corrected chi connectivity index (χ2v) is 5.59. The van der Waals surface area contributed by atoms with Crippen LogP contribution in [-0.4, -0.2) is 57.8 Å². The normalized spacial score (nSPS) is 13.2. The fourth-order valence-electron chi connectivity index (χ4n) is 2.29. The molecule has 0 aromatic heterocycles. The number of likely N-dealkylation sites (N-methyl/N-ethyl adjacent to an activating group) is 1. The van der Waals surface area contributed by atoms with Crippen molar-refractivity contribution in [2.75, 3.05) is 46.9 Å². The molecule has 0 radical (unpaired) electrons. The lowest BCUT2D eigenvalue weighted by Crippen LogP contribution is -2.38. The molecule has 5 nitrogen and oxygen atoms in total. The van der Waals surface area contributed by atoms with Gasteiger partial charge in [-0.3, -0.25) is 4.99 Å². The Kier molecular flexibility index (Phi) is 10.1. The quantitative estimate of drug-likeness (QED) is 0.394. The van der Waals surface area contributed by atoms with E-state index in [9.17, 15) is 0 Å². The van der Waals surface area contributed by atoms with Gasteiger partial charge in [0.2, 0.25) is 0 Å². The number of nitrogens with one attached hydrogen (secondary N) is 2. The summed E-state index contributed by atoms with van der Waals surface area (Å²) in [4.78, 5) is 6.95. The van der Waals surface area contributed by atoms with Gasteiger partial charge in [-0.1, -0.05) is 30.3 Å². The number of rotatable bonds is 10. The van der Waals surface area contributed by atoms with Crippen LogP contribution in [0.5, 0.6) is 0 Å². The molecule has 0 saturated heterocycles. The van der Waals surface area contributed by atoms with Gasteiger partial charge in [-0.25, -0.2) is 0 Å². The first-order valence-corrected chi connectivity index (χ1v) is 8.50. The third-order valence-corrected chi connectivity index (χ3v) is 3.54. The molecule has 0 spiro atoms. The van der Waals surface area contributed by atoms with Gasteiger partial charge >= 0.3 is 0 Å². The number of guanidine groups is 1. The zero-order valence-electron chi connectivity index (χ0n) is 15.0. The van der Waals surface area contributed by atoms with Crippen LogP contribution < -0.4 is 10.6 Å². The number of aliphatic imine (C=N–C) groups is 1. The van der Waals surface area contributed by atoms with Gasteiger partial charge in [0, 0.05) is 26.3 Å². The maximum absolute atomic E-state index is 5.36. The lowest BCUT2D eigenvalue weighted by atomic mass is 10.1. The minimum absolute atomic E-state index is 0.273. The van der Waals surface area contributed by atoms with Gasteiger partial charge in [0.05, 0.1) is 12.6 Å². The average molecular weight is 320 g/mol. The monoisotopic (exact) mass is 320 g/mol. The van der Waals surface area contributed by atoms with E-state index in [0.29, 0.717) is 0 Å². The van der Waals surface area contributed by atoms with Crippen LogP contribution in [0.15, 0.2) is 35.3 Å². The molecule has 1 rings (SSSR count). The van der Waals surface area contributed by atoms with Gasteiger partial charge in [0.25, 0.3) is 0 Å². The molecule has 0 fully saturated rings.